The lowest BCUT2D eigenvalue weighted by Crippen LogP contribution is -2.48. The van der Waals surface area contributed by atoms with E-state index in [4.69, 9.17) is 4.74 Å². The molecule has 1 saturated heterocycles. The summed E-state index contributed by atoms with van der Waals surface area (Å²) in [6.45, 7) is 2.32. The third kappa shape index (κ3) is 5.19. The molecule has 0 radical (unpaired) electrons. The van der Waals surface area contributed by atoms with Crippen molar-refractivity contribution in [1.82, 2.24) is 9.21 Å². The molecule has 130 valence electrons. The van der Waals surface area contributed by atoms with Crippen LogP contribution in [0.3, 0.4) is 0 Å². The summed E-state index contributed by atoms with van der Waals surface area (Å²) in [6.07, 6.45) is 2.47. The third-order valence-corrected chi connectivity index (χ3v) is 6.24. The van der Waals surface area contributed by atoms with E-state index in [1.54, 1.807) is 7.11 Å². The minimum atomic E-state index is -3.19. The lowest BCUT2D eigenvalue weighted by molar-refractivity contribution is -0.154. The lowest BCUT2D eigenvalue weighted by Gasteiger charge is -2.40. The number of carboxylic acids is 1. The van der Waals surface area contributed by atoms with E-state index >= 15 is 0 Å². The zero-order chi connectivity index (χ0) is 16.8. The van der Waals surface area contributed by atoms with Crippen molar-refractivity contribution in [3.05, 3.63) is 0 Å². The Morgan fingerprint density at radius 2 is 2.09 bits per heavy atom. The number of ether oxygens (including phenoxy) is 1. The lowest BCUT2D eigenvalue weighted by atomic mass is 9.77. The first kappa shape index (κ1) is 19.3. The molecule has 0 aromatic heterocycles. The van der Waals surface area contributed by atoms with Crippen LogP contribution >= 0.6 is 0 Å². The summed E-state index contributed by atoms with van der Waals surface area (Å²) >= 11 is 0. The molecule has 0 saturated carbocycles. The van der Waals surface area contributed by atoms with Crippen LogP contribution in [0.5, 0.6) is 0 Å². The first-order chi connectivity index (χ1) is 10.2. The maximum atomic E-state index is 11.7. The van der Waals surface area contributed by atoms with Gasteiger partial charge < -0.3 is 14.7 Å². The number of nitrogens with zero attached hydrogens (tertiary/aromatic N) is 2. The van der Waals surface area contributed by atoms with Crippen molar-refractivity contribution in [3.63, 3.8) is 0 Å². The Bertz CT molecular complexity index is 466. The van der Waals surface area contributed by atoms with Gasteiger partial charge in [0.25, 0.3) is 0 Å². The standard InChI is InChI=1S/C14H28N2O5S/c1-15(2)22(19,20)11-5-9-16-8-4-6-14(12-16,13(17)18)7-10-21-3/h4-12H2,1-3H3,(H,17,18)/t14-/m0/s1. The zero-order valence-electron chi connectivity index (χ0n) is 13.7. The summed E-state index contributed by atoms with van der Waals surface area (Å²) in [5, 5.41) is 9.58. The van der Waals surface area contributed by atoms with E-state index in [-0.39, 0.29) is 5.75 Å². The van der Waals surface area contributed by atoms with Crippen LogP contribution in [0.1, 0.15) is 25.7 Å². The van der Waals surface area contributed by atoms with Crippen molar-refractivity contribution in [2.24, 2.45) is 5.41 Å². The zero-order valence-corrected chi connectivity index (χ0v) is 14.6. The van der Waals surface area contributed by atoms with Crippen LogP contribution in [0, 0.1) is 5.41 Å². The molecule has 0 aromatic rings. The average molecular weight is 336 g/mol. The molecule has 0 aromatic carbocycles. The summed E-state index contributed by atoms with van der Waals surface area (Å²) in [5.41, 5.74) is -0.769. The Morgan fingerprint density at radius 3 is 2.64 bits per heavy atom. The number of carboxylic acid groups (broad SMARTS) is 1. The second kappa shape index (κ2) is 8.24. The van der Waals surface area contributed by atoms with Gasteiger partial charge in [0.15, 0.2) is 0 Å². The van der Waals surface area contributed by atoms with E-state index in [0.717, 1.165) is 13.0 Å². The van der Waals surface area contributed by atoms with Crippen LogP contribution < -0.4 is 0 Å². The van der Waals surface area contributed by atoms with Gasteiger partial charge in [-0.1, -0.05) is 0 Å². The SMILES string of the molecule is COCC[C@@]1(C(=O)O)CCCN(CCCS(=O)(=O)N(C)C)C1. The highest BCUT2D eigenvalue weighted by Gasteiger charge is 2.41. The van der Waals surface area contributed by atoms with Crippen LogP contribution in [-0.4, -0.2) is 81.9 Å². The molecule has 0 bridgehead atoms. The minimum Gasteiger partial charge on any atom is -0.481 e. The van der Waals surface area contributed by atoms with E-state index < -0.39 is 21.4 Å². The Hall–Kier alpha value is -0.700. The fourth-order valence-electron chi connectivity index (χ4n) is 2.85. The summed E-state index contributed by atoms with van der Waals surface area (Å²) in [7, 11) is 1.43. The molecule has 0 aliphatic carbocycles. The number of likely N-dealkylation sites (tertiary alicyclic amines) is 1. The minimum absolute atomic E-state index is 0.0919. The third-order valence-electron chi connectivity index (χ3n) is 4.33. The second-order valence-corrected chi connectivity index (χ2v) is 8.46. The van der Waals surface area contributed by atoms with Gasteiger partial charge >= 0.3 is 5.97 Å². The molecule has 0 spiro atoms. The Morgan fingerprint density at radius 1 is 1.41 bits per heavy atom. The molecule has 1 aliphatic rings. The fourth-order valence-corrected chi connectivity index (χ4v) is 3.71. The summed E-state index contributed by atoms with van der Waals surface area (Å²) < 4.78 is 29.8. The monoisotopic (exact) mass is 336 g/mol. The van der Waals surface area contributed by atoms with Crippen LogP contribution in [-0.2, 0) is 19.6 Å². The van der Waals surface area contributed by atoms with Crippen LogP contribution in [0.25, 0.3) is 0 Å². The van der Waals surface area contributed by atoms with Gasteiger partial charge in [0.2, 0.25) is 10.0 Å². The second-order valence-electron chi connectivity index (χ2n) is 6.16. The molecular weight excluding hydrogens is 308 g/mol. The Labute approximate surface area is 133 Å². The van der Waals surface area contributed by atoms with Gasteiger partial charge in [0.05, 0.1) is 11.2 Å². The number of piperidine rings is 1. The van der Waals surface area contributed by atoms with Crippen molar-refractivity contribution in [2.75, 3.05) is 53.2 Å². The molecule has 1 rings (SSSR count). The molecule has 22 heavy (non-hydrogen) atoms. The molecule has 0 unspecified atom stereocenters. The number of rotatable bonds is 9. The highest BCUT2D eigenvalue weighted by Crippen LogP contribution is 2.34. The molecule has 7 nitrogen and oxygen atoms in total. The molecule has 1 aliphatic heterocycles. The Balaban J connectivity index is 2.57. The molecule has 1 fully saturated rings. The smallest absolute Gasteiger partial charge is 0.311 e. The number of sulfonamides is 1. The number of aliphatic carboxylic acids is 1. The van der Waals surface area contributed by atoms with E-state index in [0.29, 0.717) is 39.0 Å². The van der Waals surface area contributed by atoms with E-state index in [2.05, 4.69) is 4.90 Å². The quantitative estimate of drug-likeness (QED) is 0.659. The average Bonchev–Trinajstić information content (AvgIpc) is 2.45. The molecule has 1 atom stereocenters. The van der Waals surface area contributed by atoms with Crippen LogP contribution in [0.15, 0.2) is 0 Å². The van der Waals surface area contributed by atoms with Gasteiger partial charge in [0.1, 0.15) is 0 Å². The van der Waals surface area contributed by atoms with Crippen molar-refractivity contribution < 1.29 is 23.1 Å². The van der Waals surface area contributed by atoms with Crippen molar-refractivity contribution in [2.45, 2.75) is 25.7 Å². The molecular formula is C14H28N2O5S. The maximum Gasteiger partial charge on any atom is 0.311 e. The van der Waals surface area contributed by atoms with Crippen LogP contribution in [0.2, 0.25) is 0 Å². The highest BCUT2D eigenvalue weighted by molar-refractivity contribution is 7.89. The summed E-state index contributed by atoms with van der Waals surface area (Å²) in [6, 6.07) is 0. The number of methoxy groups -OCH3 is 1. The van der Waals surface area contributed by atoms with Crippen molar-refractivity contribution in [1.29, 1.82) is 0 Å². The highest BCUT2D eigenvalue weighted by atomic mass is 32.2. The molecule has 8 heteroatoms. The number of hydrogen-bond donors (Lipinski definition) is 1. The first-order valence-corrected chi connectivity index (χ1v) is 9.19. The van der Waals surface area contributed by atoms with E-state index in [9.17, 15) is 18.3 Å². The number of hydrogen-bond acceptors (Lipinski definition) is 5. The van der Waals surface area contributed by atoms with E-state index in [1.807, 2.05) is 0 Å². The summed E-state index contributed by atoms with van der Waals surface area (Å²) in [5.74, 6) is -0.690. The van der Waals surface area contributed by atoms with Gasteiger partial charge in [-0.25, -0.2) is 12.7 Å². The first-order valence-electron chi connectivity index (χ1n) is 7.58. The van der Waals surface area contributed by atoms with Gasteiger partial charge in [-0.2, -0.15) is 0 Å². The summed E-state index contributed by atoms with van der Waals surface area (Å²) in [4.78, 5) is 13.7. The topological polar surface area (TPSA) is 87.1 Å². The van der Waals surface area contributed by atoms with Crippen molar-refractivity contribution >= 4 is 16.0 Å². The van der Waals surface area contributed by atoms with E-state index in [1.165, 1.54) is 18.4 Å². The van der Waals surface area contributed by atoms with Crippen molar-refractivity contribution in [3.8, 4) is 0 Å². The largest absolute Gasteiger partial charge is 0.481 e. The molecule has 1 heterocycles. The van der Waals surface area contributed by atoms with Gasteiger partial charge in [-0.05, 0) is 38.8 Å². The van der Waals surface area contributed by atoms with Crippen LogP contribution in [0.4, 0.5) is 0 Å². The predicted molar refractivity (Wildman–Crippen MR) is 84.3 cm³/mol. The van der Waals surface area contributed by atoms with Gasteiger partial charge in [-0.15, -0.1) is 0 Å². The predicted octanol–water partition coefficient (Wildman–Crippen LogP) is 0.471. The maximum absolute atomic E-state index is 11.7. The molecule has 0 amide bonds. The Kier molecular flexibility index (Phi) is 7.24. The van der Waals surface area contributed by atoms with Gasteiger partial charge in [0, 0.05) is 34.4 Å². The normalized spacial score (nSPS) is 23.8. The number of carbonyl (C=O) groups is 1. The fraction of sp³-hybridized carbons (Fsp3) is 0.929. The molecule has 1 N–H and O–H groups in total. The van der Waals surface area contributed by atoms with Gasteiger partial charge in [-0.3, -0.25) is 4.79 Å².